The van der Waals surface area contributed by atoms with Crippen molar-refractivity contribution in [3.8, 4) is 0 Å². The van der Waals surface area contributed by atoms with Gasteiger partial charge >= 0.3 is 0 Å². The van der Waals surface area contributed by atoms with Gasteiger partial charge in [-0.25, -0.2) is 5.84 Å². The number of hydrogen-bond donors (Lipinski definition) is 2. The summed E-state index contributed by atoms with van der Waals surface area (Å²) in [6, 6.07) is 4.47. The van der Waals surface area contributed by atoms with Crippen LogP contribution < -0.4 is 16.2 Å². The van der Waals surface area contributed by atoms with E-state index in [-0.39, 0.29) is 11.8 Å². The highest BCUT2D eigenvalue weighted by atomic mass is 16.2. The second-order valence-electron chi connectivity index (χ2n) is 6.51. The summed E-state index contributed by atoms with van der Waals surface area (Å²) < 4.78 is 0. The number of hydrazine groups is 1. The minimum atomic E-state index is -0.224. The zero-order chi connectivity index (χ0) is 17.7. The second kappa shape index (κ2) is 8.15. The molecule has 0 atom stereocenters. The van der Waals surface area contributed by atoms with Gasteiger partial charge < -0.3 is 9.80 Å². The van der Waals surface area contributed by atoms with E-state index in [1.807, 2.05) is 4.90 Å². The fourth-order valence-electron chi connectivity index (χ4n) is 3.11. The first-order chi connectivity index (χ1) is 11.4. The fraction of sp³-hybridized carbons (Fsp3) is 0.556. The number of hydrogen-bond acceptors (Lipinski definition) is 4. The number of piperazine rings is 1. The number of nitrogens with one attached hydrogen (secondary N) is 1. The van der Waals surface area contributed by atoms with Gasteiger partial charge in [0.25, 0.3) is 0 Å². The van der Waals surface area contributed by atoms with Gasteiger partial charge in [0.1, 0.15) is 0 Å². The molecular formula is C18H28N4O2. The maximum absolute atomic E-state index is 12.2. The van der Waals surface area contributed by atoms with Gasteiger partial charge in [0.2, 0.25) is 11.8 Å². The molecule has 0 bridgehead atoms. The van der Waals surface area contributed by atoms with Crippen LogP contribution in [0.3, 0.4) is 0 Å². The Morgan fingerprint density at radius 2 is 1.62 bits per heavy atom. The molecule has 132 valence electrons. The summed E-state index contributed by atoms with van der Waals surface area (Å²) in [6.07, 6.45) is 1.23. The maximum Gasteiger partial charge on any atom is 0.233 e. The molecule has 1 aliphatic rings. The molecule has 6 heteroatoms. The summed E-state index contributed by atoms with van der Waals surface area (Å²) in [5.74, 6) is 4.93. The van der Waals surface area contributed by atoms with E-state index in [4.69, 9.17) is 5.84 Å². The lowest BCUT2D eigenvalue weighted by molar-refractivity contribution is -0.131. The van der Waals surface area contributed by atoms with Crippen LogP contribution in [0.5, 0.6) is 0 Å². The number of rotatable bonds is 5. The number of carbonyl (C=O) groups excluding carboxylic acids is 2. The van der Waals surface area contributed by atoms with Gasteiger partial charge in [-0.2, -0.15) is 0 Å². The lowest BCUT2D eigenvalue weighted by atomic mass is 10.0. The van der Waals surface area contributed by atoms with Crippen LogP contribution in [0.15, 0.2) is 12.1 Å². The molecule has 1 fully saturated rings. The van der Waals surface area contributed by atoms with Gasteiger partial charge in [0, 0.05) is 44.7 Å². The molecule has 1 aliphatic heterocycles. The largest absolute Gasteiger partial charge is 0.368 e. The molecule has 0 spiro atoms. The Hall–Kier alpha value is -2.08. The van der Waals surface area contributed by atoms with E-state index < -0.39 is 0 Å². The van der Waals surface area contributed by atoms with Crippen LogP contribution in [-0.4, -0.2) is 42.9 Å². The molecule has 24 heavy (non-hydrogen) atoms. The van der Waals surface area contributed by atoms with Crippen LogP contribution in [0.25, 0.3) is 0 Å². The van der Waals surface area contributed by atoms with Crippen molar-refractivity contribution in [2.24, 2.45) is 5.84 Å². The zero-order valence-corrected chi connectivity index (χ0v) is 14.9. The van der Waals surface area contributed by atoms with Gasteiger partial charge in [0.05, 0.1) is 0 Å². The van der Waals surface area contributed by atoms with E-state index in [1.165, 1.54) is 22.4 Å². The van der Waals surface area contributed by atoms with Crippen molar-refractivity contribution in [3.05, 3.63) is 28.8 Å². The molecule has 0 aliphatic carbocycles. The molecule has 3 N–H and O–H groups in total. The zero-order valence-electron chi connectivity index (χ0n) is 14.9. The summed E-state index contributed by atoms with van der Waals surface area (Å²) >= 11 is 0. The molecule has 2 amide bonds. The quantitative estimate of drug-likeness (QED) is 0.486. The molecule has 1 heterocycles. The highest BCUT2D eigenvalue weighted by Gasteiger charge is 2.22. The van der Waals surface area contributed by atoms with Crippen molar-refractivity contribution in [2.75, 3.05) is 31.1 Å². The van der Waals surface area contributed by atoms with Crippen molar-refractivity contribution in [3.63, 3.8) is 0 Å². The maximum atomic E-state index is 12.2. The molecule has 1 aromatic carbocycles. The first-order valence-corrected chi connectivity index (χ1v) is 8.52. The van der Waals surface area contributed by atoms with Crippen molar-refractivity contribution in [2.45, 2.75) is 40.0 Å². The Morgan fingerprint density at radius 3 is 2.25 bits per heavy atom. The third-order valence-electron chi connectivity index (χ3n) is 4.74. The predicted molar refractivity (Wildman–Crippen MR) is 95.6 cm³/mol. The standard InChI is InChI=1S/C18H28N4O2/c1-13-11-15(3)16(12-14(13)2)21-7-9-22(10-8-21)18(24)6-4-5-17(23)20-19/h11-12H,4-10,19H2,1-3H3,(H,20,23). The SMILES string of the molecule is Cc1cc(C)c(N2CCN(C(=O)CCCC(=O)NN)CC2)cc1C. The summed E-state index contributed by atoms with van der Waals surface area (Å²) in [6.45, 7) is 9.56. The Balaban J connectivity index is 1.86. The highest BCUT2D eigenvalue weighted by molar-refractivity contribution is 5.79. The first-order valence-electron chi connectivity index (χ1n) is 8.52. The van der Waals surface area contributed by atoms with E-state index >= 15 is 0 Å². The van der Waals surface area contributed by atoms with E-state index in [9.17, 15) is 9.59 Å². The molecule has 1 aromatic rings. The molecule has 0 radical (unpaired) electrons. The smallest absolute Gasteiger partial charge is 0.233 e. The van der Waals surface area contributed by atoms with Crippen molar-refractivity contribution < 1.29 is 9.59 Å². The molecule has 1 saturated heterocycles. The minimum absolute atomic E-state index is 0.122. The molecular weight excluding hydrogens is 304 g/mol. The fourth-order valence-corrected chi connectivity index (χ4v) is 3.11. The van der Waals surface area contributed by atoms with E-state index in [1.54, 1.807) is 0 Å². The van der Waals surface area contributed by atoms with E-state index in [0.717, 1.165) is 26.2 Å². The van der Waals surface area contributed by atoms with Crippen molar-refractivity contribution in [1.82, 2.24) is 10.3 Å². The molecule has 2 rings (SSSR count). The van der Waals surface area contributed by atoms with Gasteiger partial charge in [-0.05, 0) is 49.9 Å². The van der Waals surface area contributed by atoms with Gasteiger partial charge in [-0.3, -0.25) is 15.0 Å². The minimum Gasteiger partial charge on any atom is -0.368 e. The van der Waals surface area contributed by atoms with Crippen LogP contribution in [-0.2, 0) is 9.59 Å². The summed E-state index contributed by atoms with van der Waals surface area (Å²) in [5.41, 5.74) is 7.25. The lowest BCUT2D eigenvalue weighted by Crippen LogP contribution is -2.49. The Labute approximate surface area is 144 Å². The number of aryl methyl sites for hydroxylation is 3. The highest BCUT2D eigenvalue weighted by Crippen LogP contribution is 2.25. The number of carbonyl (C=O) groups is 2. The number of anilines is 1. The normalized spacial score (nSPS) is 14.7. The van der Waals surface area contributed by atoms with Gasteiger partial charge in [0.15, 0.2) is 0 Å². The Kier molecular flexibility index (Phi) is 6.20. The third-order valence-corrected chi connectivity index (χ3v) is 4.74. The topological polar surface area (TPSA) is 78.7 Å². The van der Waals surface area contributed by atoms with Gasteiger partial charge in [-0.1, -0.05) is 6.07 Å². The monoisotopic (exact) mass is 332 g/mol. The van der Waals surface area contributed by atoms with Crippen molar-refractivity contribution in [1.29, 1.82) is 0 Å². The number of nitrogens with zero attached hydrogens (tertiary/aromatic N) is 2. The predicted octanol–water partition coefficient (Wildman–Crippen LogP) is 1.42. The van der Waals surface area contributed by atoms with Crippen LogP contribution in [0, 0.1) is 20.8 Å². The van der Waals surface area contributed by atoms with Crippen molar-refractivity contribution >= 4 is 17.5 Å². The Morgan fingerprint density at radius 1 is 1.00 bits per heavy atom. The summed E-state index contributed by atoms with van der Waals surface area (Å²) in [5, 5.41) is 0. The molecule has 6 nitrogen and oxygen atoms in total. The van der Waals surface area contributed by atoms with Crippen LogP contribution in [0.4, 0.5) is 5.69 Å². The lowest BCUT2D eigenvalue weighted by Gasteiger charge is -2.37. The van der Waals surface area contributed by atoms with Crippen LogP contribution in [0.1, 0.15) is 36.0 Å². The first kappa shape index (κ1) is 18.3. The van der Waals surface area contributed by atoms with Gasteiger partial charge in [-0.15, -0.1) is 0 Å². The molecule has 0 unspecified atom stereocenters. The molecule has 0 saturated carbocycles. The van der Waals surface area contributed by atoms with Crippen LogP contribution >= 0.6 is 0 Å². The number of amides is 2. The Bertz CT molecular complexity index is 607. The number of nitrogens with two attached hydrogens (primary N) is 1. The second-order valence-corrected chi connectivity index (χ2v) is 6.51. The third kappa shape index (κ3) is 4.47. The van der Waals surface area contributed by atoms with Crippen LogP contribution in [0.2, 0.25) is 0 Å². The molecule has 0 aromatic heterocycles. The van der Waals surface area contributed by atoms with E-state index in [0.29, 0.717) is 19.3 Å². The van der Waals surface area contributed by atoms with E-state index in [2.05, 4.69) is 43.2 Å². The summed E-state index contributed by atoms with van der Waals surface area (Å²) in [4.78, 5) is 27.6. The average molecular weight is 332 g/mol. The average Bonchev–Trinajstić information content (AvgIpc) is 2.58. The number of benzene rings is 1. The summed E-state index contributed by atoms with van der Waals surface area (Å²) in [7, 11) is 0.